The van der Waals surface area contributed by atoms with Crippen LogP contribution in [0.15, 0.2) is 0 Å². The Kier molecular flexibility index (Phi) is 6.45. The van der Waals surface area contributed by atoms with E-state index in [0.717, 1.165) is 5.92 Å². The molecule has 1 saturated heterocycles. The van der Waals surface area contributed by atoms with Crippen LogP contribution in [0.25, 0.3) is 0 Å². The van der Waals surface area contributed by atoms with Crippen LogP contribution in [0.1, 0.15) is 53.9 Å². The van der Waals surface area contributed by atoms with Crippen molar-refractivity contribution in [3.63, 3.8) is 0 Å². The summed E-state index contributed by atoms with van der Waals surface area (Å²) in [4.78, 5) is 0. The highest BCUT2D eigenvalue weighted by atomic mass is 16.5. The van der Waals surface area contributed by atoms with Crippen molar-refractivity contribution in [2.75, 3.05) is 0 Å². The Balaban J connectivity index is 0.000000561. The molecule has 2 atom stereocenters. The average molecular weight is 172 g/mol. The second kappa shape index (κ2) is 6.47. The van der Waals surface area contributed by atoms with Crippen LogP contribution < -0.4 is 0 Å². The Morgan fingerprint density at radius 2 is 1.50 bits per heavy atom. The molecule has 1 heterocycles. The summed E-state index contributed by atoms with van der Waals surface area (Å²) >= 11 is 0. The molecule has 0 saturated carbocycles. The SMILES string of the molecule is CC.CCC1CC(C)OC(C)C1. The fraction of sp³-hybridized carbons (Fsp3) is 1.00. The molecule has 1 nitrogen and oxygen atoms in total. The molecule has 2 unspecified atom stereocenters. The van der Waals surface area contributed by atoms with Crippen molar-refractivity contribution in [1.82, 2.24) is 0 Å². The smallest absolute Gasteiger partial charge is 0.0553 e. The van der Waals surface area contributed by atoms with E-state index in [1.807, 2.05) is 13.8 Å². The Bertz CT molecular complexity index is 91.2. The molecule has 0 aromatic heterocycles. The predicted octanol–water partition coefficient (Wildman–Crippen LogP) is 3.63. The van der Waals surface area contributed by atoms with E-state index in [2.05, 4.69) is 20.8 Å². The lowest BCUT2D eigenvalue weighted by Gasteiger charge is -2.31. The van der Waals surface area contributed by atoms with Crippen LogP contribution in [0, 0.1) is 5.92 Å². The van der Waals surface area contributed by atoms with E-state index in [9.17, 15) is 0 Å². The number of ether oxygens (including phenoxy) is 1. The van der Waals surface area contributed by atoms with Gasteiger partial charge in [-0.15, -0.1) is 0 Å². The summed E-state index contributed by atoms with van der Waals surface area (Å²) in [6, 6.07) is 0. The van der Waals surface area contributed by atoms with Gasteiger partial charge in [-0.2, -0.15) is 0 Å². The molecule has 0 N–H and O–H groups in total. The van der Waals surface area contributed by atoms with Gasteiger partial charge in [0.2, 0.25) is 0 Å². The van der Waals surface area contributed by atoms with Crippen LogP contribution in [-0.2, 0) is 4.74 Å². The van der Waals surface area contributed by atoms with E-state index in [0.29, 0.717) is 12.2 Å². The van der Waals surface area contributed by atoms with Gasteiger partial charge >= 0.3 is 0 Å². The lowest BCUT2D eigenvalue weighted by molar-refractivity contribution is -0.0525. The van der Waals surface area contributed by atoms with Gasteiger partial charge in [0.15, 0.2) is 0 Å². The van der Waals surface area contributed by atoms with Gasteiger partial charge in [-0.05, 0) is 32.6 Å². The molecule has 1 fully saturated rings. The van der Waals surface area contributed by atoms with E-state index in [4.69, 9.17) is 4.74 Å². The molecule has 0 amide bonds. The zero-order chi connectivity index (χ0) is 9.56. The predicted molar refractivity (Wildman–Crippen MR) is 54.4 cm³/mol. The van der Waals surface area contributed by atoms with Crippen molar-refractivity contribution in [1.29, 1.82) is 0 Å². The first kappa shape index (κ1) is 12.0. The van der Waals surface area contributed by atoms with Gasteiger partial charge in [-0.3, -0.25) is 0 Å². The molecule has 0 aromatic rings. The van der Waals surface area contributed by atoms with Crippen LogP contribution in [0.4, 0.5) is 0 Å². The molecule has 1 heteroatoms. The maximum atomic E-state index is 5.62. The van der Waals surface area contributed by atoms with Gasteiger partial charge in [-0.1, -0.05) is 27.2 Å². The van der Waals surface area contributed by atoms with Crippen molar-refractivity contribution in [3.05, 3.63) is 0 Å². The largest absolute Gasteiger partial charge is 0.376 e. The Labute approximate surface area is 77.5 Å². The molecular formula is C11H24O. The highest BCUT2D eigenvalue weighted by molar-refractivity contribution is 4.71. The van der Waals surface area contributed by atoms with Crippen LogP contribution in [0.5, 0.6) is 0 Å². The molecule has 74 valence electrons. The lowest BCUT2D eigenvalue weighted by atomic mass is 9.91. The molecular weight excluding hydrogens is 148 g/mol. The minimum Gasteiger partial charge on any atom is -0.376 e. The second-order valence-electron chi connectivity index (χ2n) is 3.50. The topological polar surface area (TPSA) is 9.23 Å². The zero-order valence-corrected chi connectivity index (χ0v) is 9.26. The molecule has 0 bridgehead atoms. The molecule has 1 aliphatic heterocycles. The Morgan fingerprint density at radius 1 is 1.08 bits per heavy atom. The van der Waals surface area contributed by atoms with Crippen molar-refractivity contribution in [3.8, 4) is 0 Å². The molecule has 0 aliphatic carbocycles. The van der Waals surface area contributed by atoms with Crippen molar-refractivity contribution in [2.45, 2.75) is 66.1 Å². The summed E-state index contributed by atoms with van der Waals surface area (Å²) in [6.45, 7) is 10.6. The van der Waals surface area contributed by atoms with Crippen LogP contribution in [0.3, 0.4) is 0 Å². The van der Waals surface area contributed by atoms with Crippen molar-refractivity contribution < 1.29 is 4.74 Å². The number of hydrogen-bond acceptors (Lipinski definition) is 1. The standard InChI is InChI=1S/C9H18O.C2H6/c1-4-9-5-7(2)10-8(3)6-9;1-2/h7-9H,4-6H2,1-3H3;1-2H3. The zero-order valence-electron chi connectivity index (χ0n) is 9.26. The Morgan fingerprint density at radius 3 is 1.83 bits per heavy atom. The van der Waals surface area contributed by atoms with Gasteiger partial charge < -0.3 is 4.74 Å². The van der Waals surface area contributed by atoms with E-state index < -0.39 is 0 Å². The average Bonchev–Trinajstić information content (AvgIpc) is 2.06. The molecule has 0 aromatic carbocycles. The summed E-state index contributed by atoms with van der Waals surface area (Å²) in [5, 5.41) is 0. The minimum absolute atomic E-state index is 0.494. The quantitative estimate of drug-likeness (QED) is 0.587. The van der Waals surface area contributed by atoms with Crippen molar-refractivity contribution >= 4 is 0 Å². The van der Waals surface area contributed by atoms with Gasteiger partial charge in [0.25, 0.3) is 0 Å². The van der Waals surface area contributed by atoms with E-state index >= 15 is 0 Å². The lowest BCUT2D eigenvalue weighted by Crippen LogP contribution is -2.28. The van der Waals surface area contributed by atoms with E-state index in [-0.39, 0.29) is 0 Å². The monoisotopic (exact) mass is 172 g/mol. The summed E-state index contributed by atoms with van der Waals surface area (Å²) in [5.41, 5.74) is 0. The molecule has 1 aliphatic rings. The van der Waals surface area contributed by atoms with Crippen LogP contribution in [-0.4, -0.2) is 12.2 Å². The summed E-state index contributed by atoms with van der Waals surface area (Å²) in [6.07, 6.45) is 4.84. The first-order valence-corrected chi connectivity index (χ1v) is 5.37. The second-order valence-corrected chi connectivity index (χ2v) is 3.50. The third-order valence-electron chi connectivity index (χ3n) is 2.37. The summed E-state index contributed by atoms with van der Waals surface area (Å²) < 4.78 is 5.62. The van der Waals surface area contributed by atoms with Gasteiger partial charge in [0.05, 0.1) is 12.2 Å². The van der Waals surface area contributed by atoms with Crippen molar-refractivity contribution in [2.24, 2.45) is 5.92 Å². The summed E-state index contributed by atoms with van der Waals surface area (Å²) in [5.74, 6) is 0.916. The summed E-state index contributed by atoms with van der Waals surface area (Å²) in [7, 11) is 0. The number of rotatable bonds is 1. The highest BCUT2D eigenvalue weighted by Gasteiger charge is 2.22. The maximum Gasteiger partial charge on any atom is 0.0553 e. The van der Waals surface area contributed by atoms with Crippen LogP contribution in [0.2, 0.25) is 0 Å². The highest BCUT2D eigenvalue weighted by Crippen LogP contribution is 2.26. The fourth-order valence-corrected chi connectivity index (χ4v) is 1.88. The molecule has 0 spiro atoms. The third-order valence-corrected chi connectivity index (χ3v) is 2.37. The Hall–Kier alpha value is -0.0400. The molecule has 0 radical (unpaired) electrons. The first-order valence-electron chi connectivity index (χ1n) is 5.37. The third kappa shape index (κ3) is 4.10. The van der Waals surface area contributed by atoms with Crippen LogP contribution >= 0.6 is 0 Å². The maximum absolute atomic E-state index is 5.62. The number of hydrogen-bond donors (Lipinski definition) is 0. The van der Waals surface area contributed by atoms with E-state index in [1.165, 1.54) is 19.3 Å². The van der Waals surface area contributed by atoms with E-state index in [1.54, 1.807) is 0 Å². The van der Waals surface area contributed by atoms with Gasteiger partial charge in [0.1, 0.15) is 0 Å². The molecule has 12 heavy (non-hydrogen) atoms. The van der Waals surface area contributed by atoms with Gasteiger partial charge in [0, 0.05) is 0 Å². The first-order chi connectivity index (χ1) is 5.72. The molecule has 1 rings (SSSR count). The van der Waals surface area contributed by atoms with Gasteiger partial charge in [-0.25, -0.2) is 0 Å². The minimum atomic E-state index is 0.494. The normalized spacial score (nSPS) is 35.2. The fourth-order valence-electron chi connectivity index (χ4n) is 1.88.